The molecule has 0 saturated carbocycles. The van der Waals surface area contributed by atoms with Gasteiger partial charge in [-0.05, 0) is 45.7 Å². The minimum Gasteiger partial charge on any atom is -0.468 e. The summed E-state index contributed by atoms with van der Waals surface area (Å²) in [6.45, 7) is 10.4. The van der Waals surface area contributed by atoms with Crippen LogP contribution >= 0.6 is 0 Å². The number of nitrogens with zero attached hydrogens (tertiary/aromatic N) is 1. The van der Waals surface area contributed by atoms with Crippen molar-refractivity contribution in [3.8, 4) is 0 Å². The number of ether oxygens (including phenoxy) is 2. The lowest BCUT2D eigenvalue weighted by Crippen LogP contribution is -2.59. The van der Waals surface area contributed by atoms with Crippen LogP contribution in [0.15, 0.2) is 0 Å². The molecular weight excluding hydrogens is 268 g/mol. The van der Waals surface area contributed by atoms with E-state index in [-0.39, 0.29) is 5.97 Å². The van der Waals surface area contributed by atoms with Crippen LogP contribution in [0.5, 0.6) is 0 Å². The Kier molecular flexibility index (Phi) is 8.22. The van der Waals surface area contributed by atoms with Crippen LogP contribution < -0.4 is 5.32 Å². The molecule has 5 heteroatoms. The van der Waals surface area contributed by atoms with Crippen molar-refractivity contribution in [3.63, 3.8) is 0 Å². The number of rotatable bonds is 9. The molecule has 1 N–H and O–H groups in total. The molecule has 0 amide bonds. The second kappa shape index (κ2) is 9.38. The van der Waals surface area contributed by atoms with E-state index in [0.717, 1.165) is 51.9 Å². The molecular formula is C16H32N2O3. The van der Waals surface area contributed by atoms with Gasteiger partial charge in [0.05, 0.1) is 13.2 Å². The Bertz CT molecular complexity index is 312. The van der Waals surface area contributed by atoms with Gasteiger partial charge in [0.1, 0.15) is 5.54 Å². The van der Waals surface area contributed by atoms with Crippen molar-refractivity contribution < 1.29 is 14.3 Å². The van der Waals surface area contributed by atoms with Crippen LogP contribution in [-0.4, -0.2) is 62.4 Å². The van der Waals surface area contributed by atoms with Gasteiger partial charge >= 0.3 is 5.97 Å². The lowest BCUT2D eigenvalue weighted by molar-refractivity contribution is -0.149. The van der Waals surface area contributed by atoms with Crippen LogP contribution in [0.2, 0.25) is 0 Å². The van der Waals surface area contributed by atoms with Crippen molar-refractivity contribution in [1.82, 2.24) is 10.2 Å². The molecule has 5 nitrogen and oxygen atoms in total. The molecule has 0 aromatic rings. The number of carbonyl (C=O) groups excluding carboxylic acids is 1. The first-order valence-electron chi connectivity index (χ1n) is 8.23. The minimum absolute atomic E-state index is 0.187. The summed E-state index contributed by atoms with van der Waals surface area (Å²) in [5, 5.41) is 3.34. The number of hydrogen-bond acceptors (Lipinski definition) is 5. The summed E-state index contributed by atoms with van der Waals surface area (Å²) < 4.78 is 10.9. The largest absolute Gasteiger partial charge is 0.468 e. The molecule has 124 valence electrons. The Hall–Kier alpha value is -0.650. The highest BCUT2D eigenvalue weighted by molar-refractivity contribution is 5.80. The third-order valence-electron chi connectivity index (χ3n) is 3.96. The molecule has 0 bridgehead atoms. The smallest absolute Gasteiger partial charge is 0.327 e. The molecule has 0 aromatic heterocycles. The number of likely N-dealkylation sites (tertiary alicyclic amines) is 1. The molecule has 0 aliphatic carbocycles. The Morgan fingerprint density at radius 3 is 2.76 bits per heavy atom. The minimum atomic E-state index is -0.641. The van der Waals surface area contributed by atoms with Crippen molar-refractivity contribution >= 4 is 5.97 Å². The van der Waals surface area contributed by atoms with Crippen LogP contribution in [-0.2, 0) is 14.3 Å². The topological polar surface area (TPSA) is 50.8 Å². The number of carbonyl (C=O) groups is 1. The molecule has 1 aliphatic heterocycles. The number of hydrogen-bond donors (Lipinski definition) is 1. The lowest BCUT2D eigenvalue weighted by Gasteiger charge is -2.38. The molecule has 1 saturated heterocycles. The van der Waals surface area contributed by atoms with Gasteiger partial charge < -0.3 is 14.8 Å². The first-order valence-corrected chi connectivity index (χ1v) is 8.23. The van der Waals surface area contributed by atoms with Crippen LogP contribution in [0.25, 0.3) is 0 Å². The molecule has 0 radical (unpaired) electrons. The maximum absolute atomic E-state index is 12.1. The average molecular weight is 300 g/mol. The maximum Gasteiger partial charge on any atom is 0.327 e. The summed E-state index contributed by atoms with van der Waals surface area (Å²) in [4.78, 5) is 14.4. The van der Waals surface area contributed by atoms with E-state index in [9.17, 15) is 4.79 Å². The highest BCUT2D eigenvalue weighted by atomic mass is 16.5. The van der Waals surface area contributed by atoms with Crippen molar-refractivity contribution in [1.29, 1.82) is 0 Å². The van der Waals surface area contributed by atoms with Gasteiger partial charge in [-0.2, -0.15) is 0 Å². The zero-order valence-electron chi connectivity index (χ0n) is 14.1. The summed E-state index contributed by atoms with van der Waals surface area (Å²) in [6.07, 6.45) is 4.59. The highest BCUT2D eigenvalue weighted by Gasteiger charge is 2.36. The lowest BCUT2D eigenvalue weighted by atomic mass is 9.99. The molecule has 21 heavy (non-hydrogen) atoms. The Morgan fingerprint density at radius 1 is 1.38 bits per heavy atom. The Labute approximate surface area is 129 Å². The van der Waals surface area contributed by atoms with Crippen molar-refractivity contribution in [2.45, 2.75) is 58.1 Å². The van der Waals surface area contributed by atoms with E-state index < -0.39 is 5.54 Å². The van der Waals surface area contributed by atoms with E-state index in [1.54, 1.807) is 0 Å². The fourth-order valence-corrected chi connectivity index (χ4v) is 2.84. The first kappa shape index (κ1) is 18.4. The third kappa shape index (κ3) is 5.93. The van der Waals surface area contributed by atoms with Gasteiger partial charge in [0.2, 0.25) is 0 Å². The summed E-state index contributed by atoms with van der Waals surface area (Å²) in [7, 11) is 1.46. The van der Waals surface area contributed by atoms with E-state index in [4.69, 9.17) is 9.47 Å². The highest BCUT2D eigenvalue weighted by Crippen LogP contribution is 2.17. The molecule has 1 heterocycles. The molecule has 1 aliphatic rings. The average Bonchev–Trinajstić information content (AvgIpc) is 2.50. The summed E-state index contributed by atoms with van der Waals surface area (Å²) in [6, 6.07) is 0. The van der Waals surface area contributed by atoms with Gasteiger partial charge in [-0.3, -0.25) is 9.69 Å². The van der Waals surface area contributed by atoms with Gasteiger partial charge in [-0.15, -0.1) is 0 Å². The number of piperidine rings is 1. The summed E-state index contributed by atoms with van der Waals surface area (Å²) in [5.74, 6) is -0.187. The van der Waals surface area contributed by atoms with Gasteiger partial charge in [0.25, 0.3) is 0 Å². The summed E-state index contributed by atoms with van der Waals surface area (Å²) in [5.41, 5.74) is -0.641. The molecule has 0 aromatic carbocycles. The second-order valence-corrected chi connectivity index (χ2v) is 6.12. The maximum atomic E-state index is 12.1. The van der Waals surface area contributed by atoms with Crippen LogP contribution in [0.3, 0.4) is 0 Å². The van der Waals surface area contributed by atoms with Gasteiger partial charge in [-0.25, -0.2) is 0 Å². The third-order valence-corrected chi connectivity index (χ3v) is 3.96. The van der Waals surface area contributed by atoms with Crippen LogP contribution in [0.1, 0.15) is 46.5 Å². The number of methoxy groups -OCH3 is 1. The number of esters is 1. The van der Waals surface area contributed by atoms with Gasteiger partial charge in [0.15, 0.2) is 0 Å². The second-order valence-electron chi connectivity index (χ2n) is 6.12. The van der Waals surface area contributed by atoms with Crippen LogP contribution in [0.4, 0.5) is 0 Å². The van der Waals surface area contributed by atoms with Crippen LogP contribution in [0, 0.1) is 0 Å². The predicted molar refractivity (Wildman–Crippen MR) is 84.4 cm³/mol. The van der Waals surface area contributed by atoms with Crippen molar-refractivity contribution in [2.24, 2.45) is 0 Å². The zero-order valence-corrected chi connectivity index (χ0v) is 14.1. The Morgan fingerprint density at radius 2 is 2.14 bits per heavy atom. The number of nitrogens with one attached hydrogen (secondary N) is 1. The first-order chi connectivity index (χ1) is 10.1. The molecule has 2 unspecified atom stereocenters. The predicted octanol–water partition coefficient (Wildman–Crippen LogP) is 1.81. The molecule has 1 rings (SSSR count). The zero-order chi connectivity index (χ0) is 15.7. The van der Waals surface area contributed by atoms with Crippen molar-refractivity contribution in [2.75, 3.05) is 39.9 Å². The van der Waals surface area contributed by atoms with E-state index in [1.807, 2.05) is 6.92 Å². The summed E-state index contributed by atoms with van der Waals surface area (Å²) >= 11 is 0. The Balaban J connectivity index is 2.58. The van der Waals surface area contributed by atoms with Crippen molar-refractivity contribution in [3.05, 3.63) is 0 Å². The fraction of sp³-hybridized carbons (Fsp3) is 0.938. The van der Waals surface area contributed by atoms with E-state index >= 15 is 0 Å². The monoisotopic (exact) mass is 300 g/mol. The quantitative estimate of drug-likeness (QED) is 0.658. The van der Waals surface area contributed by atoms with E-state index in [1.165, 1.54) is 7.11 Å². The normalized spacial score (nSPS) is 22.8. The standard InChI is InChI=1S/C16H32N2O3/c1-5-9-17-16(3,15(19)20-4)13-18-10-7-8-14(12-18)21-11-6-2/h14,17H,5-13H2,1-4H3. The van der Waals surface area contributed by atoms with E-state index in [0.29, 0.717) is 12.6 Å². The molecule has 0 spiro atoms. The SMILES string of the molecule is CCCNC(C)(CN1CCCC(OCCC)C1)C(=O)OC. The van der Waals surface area contributed by atoms with Gasteiger partial charge in [0, 0.05) is 19.7 Å². The molecule has 1 fully saturated rings. The fourth-order valence-electron chi connectivity index (χ4n) is 2.84. The van der Waals surface area contributed by atoms with E-state index in [2.05, 4.69) is 24.1 Å². The van der Waals surface area contributed by atoms with Gasteiger partial charge in [-0.1, -0.05) is 13.8 Å². The molecule has 2 atom stereocenters.